The summed E-state index contributed by atoms with van der Waals surface area (Å²) in [6.07, 6.45) is -1.72. The fourth-order valence-electron chi connectivity index (χ4n) is 1.74. The van der Waals surface area contributed by atoms with Crippen LogP contribution >= 0.6 is 11.3 Å². The third-order valence-electron chi connectivity index (χ3n) is 3.04. The van der Waals surface area contributed by atoms with E-state index in [4.69, 9.17) is 4.74 Å². The van der Waals surface area contributed by atoms with E-state index in [-0.39, 0.29) is 18.6 Å². The van der Waals surface area contributed by atoms with E-state index in [0.717, 1.165) is 5.69 Å². The second-order valence-electron chi connectivity index (χ2n) is 4.85. The van der Waals surface area contributed by atoms with Gasteiger partial charge >= 0.3 is 5.97 Å². The van der Waals surface area contributed by atoms with Crippen molar-refractivity contribution in [1.82, 2.24) is 4.98 Å². The van der Waals surface area contributed by atoms with Crippen LogP contribution in [0.2, 0.25) is 0 Å². The summed E-state index contributed by atoms with van der Waals surface area (Å²) in [5.74, 6) is -0.548. The molecule has 0 amide bonds. The maximum atomic E-state index is 12.3. The largest absolute Gasteiger partial charge is 0.461 e. The standard InChI is InChI=1S/C16H16F2N2O2S/c1-10(14(17)18)8-9-22-15(21)13-11(2)19-16(23-13)20-12-6-4-3-5-7-12/h3-7H,8-9H2,1-2H3,(H,19,20). The minimum absolute atomic E-state index is 0.0149. The summed E-state index contributed by atoms with van der Waals surface area (Å²) in [4.78, 5) is 16.6. The van der Waals surface area contributed by atoms with Crippen molar-refractivity contribution >= 4 is 28.1 Å². The van der Waals surface area contributed by atoms with E-state index in [0.29, 0.717) is 15.7 Å². The third kappa shape index (κ3) is 4.85. The molecule has 7 heteroatoms. The van der Waals surface area contributed by atoms with Crippen LogP contribution in [-0.4, -0.2) is 17.6 Å². The molecule has 1 heterocycles. The van der Waals surface area contributed by atoms with Crippen molar-refractivity contribution in [3.63, 3.8) is 0 Å². The molecular formula is C16H16F2N2O2S. The van der Waals surface area contributed by atoms with E-state index in [1.54, 1.807) is 6.92 Å². The monoisotopic (exact) mass is 338 g/mol. The molecule has 0 unspecified atom stereocenters. The normalized spacial score (nSPS) is 10.3. The summed E-state index contributed by atoms with van der Waals surface area (Å²) in [6.45, 7) is 2.93. The predicted molar refractivity (Wildman–Crippen MR) is 86.4 cm³/mol. The van der Waals surface area contributed by atoms with Gasteiger partial charge in [0.2, 0.25) is 0 Å². The van der Waals surface area contributed by atoms with Crippen molar-refractivity contribution in [3.8, 4) is 0 Å². The van der Waals surface area contributed by atoms with Gasteiger partial charge in [0.25, 0.3) is 6.08 Å². The van der Waals surface area contributed by atoms with Gasteiger partial charge in [-0.1, -0.05) is 29.5 Å². The van der Waals surface area contributed by atoms with Crippen molar-refractivity contribution in [2.24, 2.45) is 0 Å². The highest BCUT2D eigenvalue weighted by atomic mass is 32.1. The first-order chi connectivity index (χ1) is 11.0. The number of halogens is 2. The summed E-state index contributed by atoms with van der Waals surface area (Å²) in [7, 11) is 0. The van der Waals surface area contributed by atoms with Gasteiger partial charge in [0.1, 0.15) is 4.88 Å². The Morgan fingerprint density at radius 2 is 2.00 bits per heavy atom. The first-order valence-corrected chi connectivity index (χ1v) is 7.76. The molecule has 2 aromatic rings. The predicted octanol–water partition coefficient (Wildman–Crippen LogP) is 4.91. The molecule has 0 aliphatic rings. The van der Waals surface area contributed by atoms with Crippen molar-refractivity contribution in [2.75, 3.05) is 11.9 Å². The molecule has 1 aromatic heterocycles. The minimum atomic E-state index is -1.73. The molecule has 4 nitrogen and oxygen atoms in total. The topological polar surface area (TPSA) is 51.2 Å². The number of ether oxygens (including phenoxy) is 1. The van der Waals surface area contributed by atoms with Crippen LogP contribution in [0.3, 0.4) is 0 Å². The molecule has 1 aromatic carbocycles. The lowest BCUT2D eigenvalue weighted by molar-refractivity contribution is 0.0512. The second kappa shape index (κ2) is 7.82. The van der Waals surface area contributed by atoms with Gasteiger partial charge in [-0.25, -0.2) is 9.78 Å². The van der Waals surface area contributed by atoms with Gasteiger partial charge in [0.15, 0.2) is 5.13 Å². The molecule has 1 N–H and O–H groups in total. The molecule has 0 bridgehead atoms. The van der Waals surface area contributed by atoms with Crippen LogP contribution in [0.5, 0.6) is 0 Å². The Hall–Kier alpha value is -2.28. The number of aromatic nitrogens is 1. The lowest BCUT2D eigenvalue weighted by Gasteiger charge is -2.03. The first-order valence-electron chi connectivity index (χ1n) is 6.94. The van der Waals surface area contributed by atoms with Crippen molar-refractivity contribution < 1.29 is 18.3 Å². The van der Waals surface area contributed by atoms with E-state index in [1.165, 1.54) is 18.3 Å². The van der Waals surface area contributed by atoms with E-state index >= 15 is 0 Å². The molecule has 0 atom stereocenters. The van der Waals surface area contributed by atoms with Crippen LogP contribution in [0, 0.1) is 6.92 Å². The number of nitrogens with zero attached hydrogens (tertiary/aromatic N) is 1. The van der Waals surface area contributed by atoms with Crippen LogP contribution in [0.25, 0.3) is 0 Å². The third-order valence-corrected chi connectivity index (χ3v) is 4.09. The molecule has 0 saturated heterocycles. The molecular weight excluding hydrogens is 322 g/mol. The van der Waals surface area contributed by atoms with Gasteiger partial charge < -0.3 is 10.1 Å². The Bertz CT molecular complexity index is 710. The molecule has 0 saturated carbocycles. The van der Waals surface area contributed by atoms with Gasteiger partial charge in [-0.3, -0.25) is 0 Å². The van der Waals surface area contributed by atoms with Crippen molar-refractivity contribution in [2.45, 2.75) is 20.3 Å². The highest BCUT2D eigenvalue weighted by Crippen LogP contribution is 2.26. The number of esters is 1. The zero-order valence-corrected chi connectivity index (χ0v) is 13.5. The first kappa shape index (κ1) is 17.1. The van der Waals surface area contributed by atoms with Crippen LogP contribution < -0.4 is 5.32 Å². The summed E-state index contributed by atoms with van der Waals surface area (Å²) in [5.41, 5.74) is 1.33. The smallest absolute Gasteiger partial charge is 0.350 e. The van der Waals surface area contributed by atoms with E-state index in [2.05, 4.69) is 10.3 Å². The number of para-hydroxylation sites is 1. The van der Waals surface area contributed by atoms with E-state index in [9.17, 15) is 13.6 Å². The average Bonchev–Trinajstić information content (AvgIpc) is 2.88. The molecule has 0 aliphatic carbocycles. The van der Waals surface area contributed by atoms with Gasteiger partial charge in [0, 0.05) is 12.1 Å². The average molecular weight is 338 g/mol. The molecule has 0 aliphatic heterocycles. The molecule has 2 rings (SSSR count). The highest BCUT2D eigenvalue weighted by Gasteiger charge is 2.17. The zero-order valence-electron chi connectivity index (χ0n) is 12.7. The molecule has 0 radical (unpaired) electrons. The van der Waals surface area contributed by atoms with E-state index in [1.807, 2.05) is 30.3 Å². The Kier molecular flexibility index (Phi) is 5.81. The molecule has 0 spiro atoms. The maximum absolute atomic E-state index is 12.3. The Balaban J connectivity index is 1.97. The zero-order chi connectivity index (χ0) is 16.8. The fraction of sp³-hybridized carbons (Fsp3) is 0.250. The Morgan fingerprint density at radius 3 is 2.65 bits per heavy atom. The quantitative estimate of drug-likeness (QED) is 0.760. The van der Waals surface area contributed by atoms with Gasteiger partial charge in [-0.05, 0) is 31.6 Å². The van der Waals surface area contributed by atoms with Crippen LogP contribution in [0.15, 0.2) is 42.0 Å². The number of aryl methyl sites for hydroxylation is 1. The minimum Gasteiger partial charge on any atom is -0.461 e. The number of hydrogen-bond acceptors (Lipinski definition) is 5. The number of carbonyl (C=O) groups excluding carboxylic acids is 1. The second-order valence-corrected chi connectivity index (χ2v) is 5.85. The Morgan fingerprint density at radius 1 is 1.30 bits per heavy atom. The summed E-state index contributed by atoms with van der Waals surface area (Å²) in [6, 6.07) is 9.44. The van der Waals surface area contributed by atoms with Crippen LogP contribution in [-0.2, 0) is 4.74 Å². The lowest BCUT2D eigenvalue weighted by Crippen LogP contribution is -2.06. The maximum Gasteiger partial charge on any atom is 0.350 e. The lowest BCUT2D eigenvalue weighted by atomic mass is 10.2. The summed E-state index contributed by atoms with van der Waals surface area (Å²) >= 11 is 1.17. The van der Waals surface area contributed by atoms with Gasteiger partial charge in [-0.15, -0.1) is 0 Å². The number of benzene rings is 1. The number of anilines is 2. The highest BCUT2D eigenvalue weighted by molar-refractivity contribution is 7.17. The number of thiazole rings is 1. The van der Waals surface area contributed by atoms with E-state index < -0.39 is 12.0 Å². The number of hydrogen-bond donors (Lipinski definition) is 1. The van der Waals surface area contributed by atoms with Crippen molar-refractivity contribution in [1.29, 1.82) is 0 Å². The fourth-order valence-corrected chi connectivity index (χ4v) is 2.62. The molecule has 23 heavy (non-hydrogen) atoms. The van der Waals surface area contributed by atoms with Crippen LogP contribution in [0.4, 0.5) is 19.6 Å². The number of carbonyl (C=O) groups is 1. The summed E-state index contributed by atoms with van der Waals surface area (Å²) in [5, 5.41) is 3.68. The van der Waals surface area contributed by atoms with Gasteiger partial charge in [0.05, 0.1) is 12.3 Å². The number of rotatable bonds is 6. The molecule has 0 fully saturated rings. The SMILES string of the molecule is CC(CCOC(=O)c1sc(Nc2ccccc2)nc1C)=C(F)F. The summed E-state index contributed by atoms with van der Waals surface area (Å²) < 4.78 is 29.6. The van der Waals surface area contributed by atoms with Crippen LogP contribution in [0.1, 0.15) is 28.7 Å². The molecule has 122 valence electrons. The van der Waals surface area contributed by atoms with Gasteiger partial charge in [-0.2, -0.15) is 8.78 Å². The number of nitrogens with one attached hydrogen (secondary N) is 1. The Labute approximate surface area is 136 Å². The van der Waals surface area contributed by atoms with Crippen molar-refractivity contribution in [3.05, 3.63) is 52.6 Å².